The number of carbonyl (C=O) groups is 1. The lowest BCUT2D eigenvalue weighted by molar-refractivity contribution is -0.121. The molecule has 1 amide bonds. The third-order valence-corrected chi connectivity index (χ3v) is 2.39. The van der Waals surface area contributed by atoms with Crippen molar-refractivity contribution in [1.29, 1.82) is 0 Å². The lowest BCUT2D eigenvalue weighted by Crippen LogP contribution is -2.42. The predicted octanol–water partition coefficient (Wildman–Crippen LogP) is 0.363. The molecule has 0 aliphatic carbocycles. The van der Waals surface area contributed by atoms with E-state index in [1.807, 2.05) is 0 Å². The smallest absolute Gasteiger partial charge is 0.237 e. The summed E-state index contributed by atoms with van der Waals surface area (Å²) in [4.78, 5) is 10.9. The second-order valence-electron chi connectivity index (χ2n) is 1.73. The molecule has 5 heteroatoms. The fourth-order valence-electron chi connectivity index (χ4n) is 0.527. The van der Waals surface area contributed by atoms with Crippen LogP contribution >= 0.6 is 25.0 Å². The summed E-state index contributed by atoms with van der Waals surface area (Å²) < 4.78 is 0. The molecule has 3 nitrogen and oxygen atoms in total. The number of likely N-dealkylation sites (N-methyl/N-ethyl adjacent to an activating group) is 2. The van der Waals surface area contributed by atoms with Crippen molar-refractivity contribution in [3.8, 4) is 0 Å². The molecule has 0 aliphatic rings. The van der Waals surface area contributed by atoms with Gasteiger partial charge < -0.3 is 10.6 Å². The van der Waals surface area contributed by atoms with E-state index in [-0.39, 0.29) is 11.9 Å². The molecule has 0 heterocycles. The summed E-state index contributed by atoms with van der Waals surface area (Å²) in [7, 11) is 4.86. The van der Waals surface area contributed by atoms with Crippen LogP contribution in [0.1, 0.15) is 0 Å². The third-order valence-electron chi connectivity index (χ3n) is 1.14. The summed E-state index contributed by atoms with van der Waals surface area (Å²) in [6, 6.07) is -0.102. The molecule has 0 fully saturated rings. The van der Waals surface area contributed by atoms with Crippen LogP contribution in [0.3, 0.4) is 0 Å². The van der Waals surface area contributed by atoms with E-state index in [4.69, 9.17) is 0 Å². The van der Waals surface area contributed by atoms with Gasteiger partial charge in [-0.3, -0.25) is 4.79 Å². The lowest BCUT2D eigenvalue weighted by Gasteiger charge is -2.11. The van der Waals surface area contributed by atoms with E-state index < -0.39 is 0 Å². The van der Waals surface area contributed by atoms with Crippen molar-refractivity contribution in [3.63, 3.8) is 0 Å². The molecule has 10 heavy (non-hydrogen) atoms. The Morgan fingerprint density at radius 1 is 1.70 bits per heavy atom. The zero-order valence-electron chi connectivity index (χ0n) is 5.98. The monoisotopic (exact) mass is 226 g/mol. The van der Waals surface area contributed by atoms with Gasteiger partial charge in [0.1, 0.15) is 0 Å². The third kappa shape index (κ3) is 3.43. The molecule has 0 saturated carbocycles. The second-order valence-corrected chi connectivity index (χ2v) is 3.66. The number of hydrogen-bond donors (Lipinski definition) is 2. The molecule has 0 bridgehead atoms. The number of halogens is 1. The second kappa shape index (κ2) is 6.00. The largest absolute Gasteiger partial charge is 0.358 e. The first-order chi connectivity index (χ1) is 4.76. The Hall–Kier alpha value is 0.260. The molecule has 0 aromatic heterocycles. The summed E-state index contributed by atoms with van der Waals surface area (Å²) in [5, 5.41) is 5.46. The van der Waals surface area contributed by atoms with Crippen molar-refractivity contribution in [2.75, 3.05) is 19.8 Å². The van der Waals surface area contributed by atoms with E-state index in [0.717, 1.165) is 5.75 Å². The van der Waals surface area contributed by atoms with Gasteiger partial charge >= 0.3 is 0 Å². The zero-order valence-corrected chi connectivity index (χ0v) is 8.38. The maximum absolute atomic E-state index is 10.9. The Labute approximate surface area is 72.5 Å². The molecule has 0 rings (SSSR count). The highest BCUT2D eigenvalue weighted by atomic mass is 79.9. The number of amides is 1. The van der Waals surface area contributed by atoms with Gasteiger partial charge in [-0.2, -0.15) is 0 Å². The molecule has 0 radical (unpaired) electrons. The average molecular weight is 227 g/mol. The Morgan fingerprint density at radius 2 is 2.30 bits per heavy atom. The summed E-state index contributed by atoms with van der Waals surface area (Å²) in [5.74, 6) is 0.755. The van der Waals surface area contributed by atoms with Crippen LogP contribution in [0.25, 0.3) is 0 Å². The van der Waals surface area contributed by atoms with Crippen LogP contribution in [0.5, 0.6) is 0 Å². The number of carbonyl (C=O) groups excluding carboxylic acids is 1. The average Bonchev–Trinajstić information content (AvgIpc) is 1.99. The number of hydrogen-bond acceptors (Lipinski definition) is 3. The Bertz CT molecular complexity index is 112. The van der Waals surface area contributed by atoms with Crippen molar-refractivity contribution < 1.29 is 4.79 Å². The normalized spacial score (nSPS) is 12.7. The standard InChI is InChI=1S/C5H11BrN2OS/c1-7-4(3-10-6)5(9)8-2/h4,7H,3H2,1-2H3,(H,8,9). The fourth-order valence-corrected chi connectivity index (χ4v) is 1.76. The van der Waals surface area contributed by atoms with Crippen LogP contribution in [0, 0.1) is 0 Å². The maximum Gasteiger partial charge on any atom is 0.237 e. The Morgan fingerprint density at radius 3 is 2.60 bits per heavy atom. The van der Waals surface area contributed by atoms with Gasteiger partial charge in [-0.15, -0.1) is 0 Å². The van der Waals surface area contributed by atoms with Crippen LogP contribution in [0.15, 0.2) is 0 Å². The molecule has 0 aromatic carbocycles. The summed E-state index contributed by atoms with van der Waals surface area (Å²) >= 11 is 3.18. The van der Waals surface area contributed by atoms with Gasteiger partial charge in [0.2, 0.25) is 5.91 Å². The van der Waals surface area contributed by atoms with E-state index in [9.17, 15) is 4.79 Å². The topological polar surface area (TPSA) is 41.1 Å². The first-order valence-corrected chi connectivity index (χ1v) is 5.71. The van der Waals surface area contributed by atoms with Crippen molar-refractivity contribution in [2.45, 2.75) is 6.04 Å². The minimum atomic E-state index is -0.102. The summed E-state index contributed by atoms with van der Waals surface area (Å²) in [6.07, 6.45) is 0. The number of rotatable bonds is 4. The van der Waals surface area contributed by atoms with Gasteiger partial charge in [0.05, 0.1) is 6.04 Å². The molecular weight excluding hydrogens is 216 g/mol. The summed E-state index contributed by atoms with van der Waals surface area (Å²) in [5.41, 5.74) is 0. The summed E-state index contributed by atoms with van der Waals surface area (Å²) in [6.45, 7) is 0. The van der Waals surface area contributed by atoms with Gasteiger partial charge in [-0.05, 0) is 21.9 Å². The van der Waals surface area contributed by atoms with Gasteiger partial charge in [0.25, 0.3) is 0 Å². The molecule has 0 saturated heterocycles. The van der Waals surface area contributed by atoms with Gasteiger partial charge in [-0.25, -0.2) is 0 Å². The van der Waals surface area contributed by atoms with E-state index in [2.05, 4.69) is 25.4 Å². The molecule has 0 aliphatic heterocycles. The van der Waals surface area contributed by atoms with Crippen LogP contribution in [-0.2, 0) is 4.79 Å². The lowest BCUT2D eigenvalue weighted by atomic mass is 10.3. The molecule has 0 aromatic rings. The van der Waals surface area contributed by atoms with Gasteiger partial charge in [-0.1, -0.05) is 10.2 Å². The van der Waals surface area contributed by atoms with Gasteiger partial charge in [0.15, 0.2) is 0 Å². The van der Waals surface area contributed by atoms with Crippen LogP contribution in [-0.4, -0.2) is 31.8 Å². The van der Waals surface area contributed by atoms with Crippen molar-refractivity contribution in [2.24, 2.45) is 0 Å². The van der Waals surface area contributed by atoms with Crippen molar-refractivity contribution in [3.05, 3.63) is 0 Å². The number of nitrogens with one attached hydrogen (secondary N) is 2. The van der Waals surface area contributed by atoms with Crippen molar-refractivity contribution in [1.82, 2.24) is 10.6 Å². The fraction of sp³-hybridized carbons (Fsp3) is 0.800. The first kappa shape index (κ1) is 10.3. The molecule has 60 valence electrons. The molecular formula is C5H11BrN2OS. The zero-order chi connectivity index (χ0) is 7.98. The minimum absolute atomic E-state index is 0.0226. The van der Waals surface area contributed by atoms with E-state index in [0.29, 0.717) is 0 Å². The minimum Gasteiger partial charge on any atom is -0.358 e. The highest BCUT2D eigenvalue weighted by Gasteiger charge is 2.12. The van der Waals surface area contributed by atoms with Crippen LogP contribution < -0.4 is 10.6 Å². The van der Waals surface area contributed by atoms with E-state index in [1.165, 1.54) is 10.2 Å². The SMILES string of the molecule is CNC(=O)C(CSBr)NC. The van der Waals surface area contributed by atoms with Gasteiger partial charge in [0, 0.05) is 12.8 Å². The highest BCUT2D eigenvalue weighted by molar-refractivity contribution is 9.50. The Balaban J connectivity index is 3.68. The molecule has 0 spiro atoms. The van der Waals surface area contributed by atoms with Crippen molar-refractivity contribution >= 4 is 30.9 Å². The van der Waals surface area contributed by atoms with Crippen LogP contribution in [0.2, 0.25) is 0 Å². The molecule has 2 N–H and O–H groups in total. The highest BCUT2D eigenvalue weighted by Crippen LogP contribution is 2.10. The van der Waals surface area contributed by atoms with E-state index >= 15 is 0 Å². The maximum atomic E-state index is 10.9. The van der Waals surface area contributed by atoms with E-state index in [1.54, 1.807) is 14.1 Å². The Kier molecular flexibility index (Phi) is 6.16. The predicted molar refractivity (Wildman–Crippen MR) is 48.3 cm³/mol. The molecule has 1 atom stereocenters. The first-order valence-electron chi connectivity index (χ1n) is 2.88. The molecule has 1 unspecified atom stereocenters. The van der Waals surface area contributed by atoms with Crippen LogP contribution in [0.4, 0.5) is 0 Å². The quantitative estimate of drug-likeness (QED) is 0.728.